The molecule has 0 saturated carbocycles. The predicted molar refractivity (Wildman–Crippen MR) is 178 cm³/mol. The highest BCUT2D eigenvalue weighted by Crippen LogP contribution is 2.43. The van der Waals surface area contributed by atoms with Crippen LogP contribution in [-0.2, 0) is 29.3 Å². The minimum Gasteiger partial charge on any atom is -0.486 e. The molecule has 1 heterocycles. The highest BCUT2D eigenvalue weighted by atomic mass is 79.9. The lowest BCUT2D eigenvalue weighted by atomic mass is 9.89. The maximum atomic E-state index is 12.9. The van der Waals surface area contributed by atoms with Crippen molar-refractivity contribution in [3.63, 3.8) is 0 Å². The molecule has 1 unspecified atom stereocenters. The van der Waals surface area contributed by atoms with Gasteiger partial charge in [-0.1, -0.05) is 88.2 Å². The molecule has 0 radical (unpaired) electrons. The molecular weight excluding hydrogens is 658 g/mol. The molecule has 5 aromatic rings. The average molecular weight is 687 g/mol. The van der Waals surface area contributed by atoms with E-state index in [-0.39, 0.29) is 10.5 Å². The molecule has 0 spiro atoms. The molecule has 6 rings (SSSR count). The molecule has 0 bridgehead atoms. The zero-order chi connectivity index (χ0) is 30.9. The molecule has 8 heteroatoms. The Kier molecular flexibility index (Phi) is 8.38. The second-order valence-corrected chi connectivity index (χ2v) is 14.3. The number of benzene rings is 5. The minimum atomic E-state index is -4.02. The van der Waals surface area contributed by atoms with E-state index in [2.05, 4.69) is 51.8 Å². The number of carbonyl (C=O) groups excluding carboxylic acids is 1. The summed E-state index contributed by atoms with van der Waals surface area (Å²) in [6.45, 7) is 2.14. The highest BCUT2D eigenvalue weighted by molar-refractivity contribution is 9.10. The van der Waals surface area contributed by atoms with Crippen LogP contribution < -0.4 is 9.46 Å². The number of nitrogens with one attached hydrogen (secondary N) is 1. The third-order valence-corrected chi connectivity index (χ3v) is 9.77. The summed E-state index contributed by atoms with van der Waals surface area (Å²) >= 11 is 9.39. The number of carbonyl (C=O) groups is 1. The number of hydrogen-bond donors (Lipinski definition) is 1. The van der Waals surface area contributed by atoms with Crippen molar-refractivity contribution < 1.29 is 17.9 Å². The van der Waals surface area contributed by atoms with E-state index >= 15 is 0 Å². The normalized spacial score (nSPS) is 15.8. The fraction of sp³-hybridized carbons (Fsp3) is 0.139. The van der Waals surface area contributed by atoms with E-state index in [1.807, 2.05) is 54.6 Å². The van der Waals surface area contributed by atoms with Crippen LogP contribution in [-0.4, -0.2) is 19.9 Å². The third-order valence-electron chi connectivity index (χ3n) is 7.70. The zero-order valence-electron chi connectivity index (χ0n) is 23.9. The van der Waals surface area contributed by atoms with Gasteiger partial charge < -0.3 is 4.74 Å². The van der Waals surface area contributed by atoms with Gasteiger partial charge in [0.15, 0.2) is 0 Å². The van der Waals surface area contributed by atoms with Gasteiger partial charge in [0.05, 0.1) is 4.90 Å². The van der Waals surface area contributed by atoms with Gasteiger partial charge in [-0.25, -0.2) is 13.1 Å². The third kappa shape index (κ3) is 6.75. The van der Waals surface area contributed by atoms with Gasteiger partial charge in [-0.3, -0.25) is 4.79 Å². The van der Waals surface area contributed by atoms with E-state index in [9.17, 15) is 13.2 Å². The van der Waals surface area contributed by atoms with Crippen molar-refractivity contribution in [2.45, 2.75) is 36.7 Å². The second-order valence-electron chi connectivity index (χ2n) is 11.3. The topological polar surface area (TPSA) is 72.5 Å². The lowest BCUT2D eigenvalue weighted by Gasteiger charge is -2.25. The van der Waals surface area contributed by atoms with E-state index in [1.165, 1.54) is 17.7 Å². The zero-order valence-corrected chi connectivity index (χ0v) is 27.0. The maximum Gasteiger partial charge on any atom is 0.264 e. The molecule has 44 heavy (non-hydrogen) atoms. The SMILES string of the molecule is CC1(Cc2ccc(Cl)cc2)Cc2cc(-c3ccc(C(=O)NS(=O)(=O)c4cccc(Br)c4)cc3)cc(Cc3ccccc3)c2O1. The summed E-state index contributed by atoms with van der Waals surface area (Å²) in [7, 11) is -4.02. The summed E-state index contributed by atoms with van der Waals surface area (Å²) in [4.78, 5) is 12.9. The summed E-state index contributed by atoms with van der Waals surface area (Å²) < 4.78 is 35.0. The number of rotatable bonds is 8. The Balaban J connectivity index is 1.28. The molecule has 0 aromatic heterocycles. The van der Waals surface area contributed by atoms with E-state index in [1.54, 1.807) is 24.3 Å². The molecule has 0 fully saturated rings. The Hall–Kier alpha value is -3.91. The lowest BCUT2D eigenvalue weighted by Crippen LogP contribution is -2.33. The summed E-state index contributed by atoms with van der Waals surface area (Å²) in [6.07, 6.45) is 2.20. The lowest BCUT2D eigenvalue weighted by molar-refractivity contribution is 0.0981. The van der Waals surface area contributed by atoms with Crippen LogP contribution in [0.5, 0.6) is 5.75 Å². The number of hydrogen-bond acceptors (Lipinski definition) is 4. The predicted octanol–water partition coefficient (Wildman–Crippen LogP) is 8.42. The molecule has 222 valence electrons. The van der Waals surface area contributed by atoms with Crippen molar-refractivity contribution in [2.24, 2.45) is 0 Å². The van der Waals surface area contributed by atoms with Gasteiger partial charge in [-0.2, -0.15) is 0 Å². The van der Waals surface area contributed by atoms with E-state index in [0.717, 1.165) is 46.4 Å². The molecule has 0 aliphatic carbocycles. The monoisotopic (exact) mass is 685 g/mol. The van der Waals surface area contributed by atoms with Crippen molar-refractivity contribution in [3.8, 4) is 16.9 Å². The molecule has 5 nitrogen and oxygen atoms in total. The van der Waals surface area contributed by atoms with Gasteiger partial charge in [0.25, 0.3) is 15.9 Å². The first-order valence-electron chi connectivity index (χ1n) is 14.1. The maximum absolute atomic E-state index is 12.9. The van der Waals surface area contributed by atoms with Crippen LogP contribution in [0.2, 0.25) is 5.02 Å². The Morgan fingerprint density at radius 3 is 2.30 bits per heavy atom. The van der Waals surface area contributed by atoms with Crippen molar-refractivity contribution >= 4 is 43.5 Å². The number of sulfonamides is 1. The first-order chi connectivity index (χ1) is 21.1. The van der Waals surface area contributed by atoms with Gasteiger partial charge >= 0.3 is 0 Å². The van der Waals surface area contributed by atoms with Crippen LogP contribution in [0.1, 0.15) is 39.5 Å². The van der Waals surface area contributed by atoms with Gasteiger partial charge in [0, 0.05) is 34.3 Å². The average Bonchev–Trinajstić information content (AvgIpc) is 3.35. The Bertz CT molecular complexity index is 1950. The molecule has 1 amide bonds. The van der Waals surface area contributed by atoms with Crippen molar-refractivity contribution in [1.82, 2.24) is 4.72 Å². The fourth-order valence-corrected chi connectivity index (χ4v) is 7.33. The smallest absolute Gasteiger partial charge is 0.264 e. The van der Waals surface area contributed by atoms with E-state index in [4.69, 9.17) is 16.3 Å². The Labute approximate surface area is 271 Å². The first kappa shape index (κ1) is 30.1. The van der Waals surface area contributed by atoms with Crippen molar-refractivity contribution in [3.05, 3.63) is 153 Å². The number of ether oxygens (including phenoxy) is 1. The van der Waals surface area contributed by atoms with Crippen LogP contribution in [0.25, 0.3) is 11.1 Å². The Morgan fingerprint density at radius 2 is 1.59 bits per heavy atom. The molecule has 0 saturated heterocycles. The Morgan fingerprint density at radius 1 is 0.864 bits per heavy atom. The standard InChI is InChI=1S/C36H29BrClNO4S/c1-36(22-25-10-16-32(38)17-11-25)23-30-20-28(19-29(34(30)43-36)18-24-6-3-2-4-7-24)26-12-14-27(15-13-26)35(40)39-44(41,42)33-9-5-8-31(37)21-33/h2-17,19-21H,18,22-23H2,1H3,(H,39,40). The summed E-state index contributed by atoms with van der Waals surface area (Å²) in [5, 5.41) is 0.707. The quantitative estimate of drug-likeness (QED) is 0.178. The van der Waals surface area contributed by atoms with E-state index in [0.29, 0.717) is 15.9 Å². The summed E-state index contributed by atoms with van der Waals surface area (Å²) in [5.41, 5.74) is 6.31. The number of fused-ring (bicyclic) bond motifs is 1. The molecule has 1 N–H and O–H groups in total. The van der Waals surface area contributed by atoms with Crippen LogP contribution in [0.3, 0.4) is 0 Å². The van der Waals surface area contributed by atoms with Crippen LogP contribution >= 0.6 is 27.5 Å². The first-order valence-corrected chi connectivity index (χ1v) is 16.8. The molecular formula is C36H29BrClNO4S. The van der Waals surface area contributed by atoms with Crippen molar-refractivity contribution in [1.29, 1.82) is 0 Å². The fourth-order valence-electron chi connectivity index (χ4n) is 5.64. The second kappa shape index (κ2) is 12.2. The molecule has 1 aliphatic heterocycles. The van der Waals surface area contributed by atoms with Crippen LogP contribution in [0.4, 0.5) is 0 Å². The minimum absolute atomic E-state index is 0.00575. The van der Waals surface area contributed by atoms with Gasteiger partial charge in [-0.05, 0) is 94.9 Å². The van der Waals surface area contributed by atoms with Crippen LogP contribution in [0.15, 0.2) is 125 Å². The van der Waals surface area contributed by atoms with E-state index < -0.39 is 21.5 Å². The van der Waals surface area contributed by atoms with Gasteiger partial charge in [-0.15, -0.1) is 0 Å². The number of halogens is 2. The molecule has 5 aromatic carbocycles. The molecule has 1 aliphatic rings. The summed E-state index contributed by atoms with van der Waals surface area (Å²) in [5.74, 6) is 0.226. The van der Waals surface area contributed by atoms with Crippen LogP contribution in [0, 0.1) is 0 Å². The van der Waals surface area contributed by atoms with Gasteiger partial charge in [0.2, 0.25) is 0 Å². The van der Waals surface area contributed by atoms with Gasteiger partial charge in [0.1, 0.15) is 11.4 Å². The summed E-state index contributed by atoms with van der Waals surface area (Å²) in [6, 6.07) is 35.7. The number of amides is 1. The molecule has 1 atom stereocenters. The largest absolute Gasteiger partial charge is 0.486 e. The van der Waals surface area contributed by atoms with Crippen molar-refractivity contribution in [2.75, 3.05) is 0 Å². The highest BCUT2D eigenvalue weighted by Gasteiger charge is 2.37.